The van der Waals surface area contributed by atoms with Crippen LogP contribution in [0.5, 0.6) is 0 Å². The number of carbonyl (C=O) groups is 5. The molecular weight excluding hydrogens is 532 g/mol. The maximum atomic E-state index is 14.1. The third-order valence-corrected chi connectivity index (χ3v) is 9.46. The molecule has 0 aromatic carbocycles. The lowest BCUT2D eigenvalue weighted by Gasteiger charge is -2.38. The number of hydrogen-bond donors (Lipinski definition) is 3. The minimum absolute atomic E-state index is 0.0712. The van der Waals surface area contributed by atoms with E-state index < -0.39 is 59.1 Å². The Morgan fingerprint density at radius 1 is 1.07 bits per heavy atom. The van der Waals surface area contributed by atoms with Gasteiger partial charge in [-0.2, -0.15) is 0 Å². The lowest BCUT2D eigenvalue weighted by Crippen LogP contribution is -2.63. The van der Waals surface area contributed by atoms with Crippen LogP contribution in [0.1, 0.15) is 74.1 Å². The van der Waals surface area contributed by atoms with Gasteiger partial charge < -0.3 is 35.1 Å². The Hall–Kier alpha value is -2.89. The number of rotatable bonds is 9. The first-order valence-electron chi connectivity index (χ1n) is 14.4. The number of nitrogens with one attached hydrogen (secondary N) is 3. The summed E-state index contributed by atoms with van der Waals surface area (Å²) in [6.45, 7) is 12.9. The second-order valence-electron chi connectivity index (χ2n) is 14.3. The van der Waals surface area contributed by atoms with E-state index >= 15 is 0 Å². The van der Waals surface area contributed by atoms with E-state index in [0.29, 0.717) is 13.0 Å². The molecule has 2 aliphatic carbocycles. The molecule has 3 N–H and O–H groups in total. The SMILES string of the molecule is COC(=O)[C@H](C[C@@H]1CC2(CC2)NC1=O)NC(=O)[C@@H]1[C@@H]2[C@H](CN1C(=O)[C@@H](NC(=O)OC(C)(C)C)C(C)(C)OC)C2(C)C. The molecule has 1 spiro atoms. The summed E-state index contributed by atoms with van der Waals surface area (Å²) in [4.78, 5) is 67.5. The summed E-state index contributed by atoms with van der Waals surface area (Å²) < 4.78 is 16.0. The number of ether oxygens (including phenoxy) is 3. The van der Waals surface area contributed by atoms with Crippen LogP contribution in [0.4, 0.5) is 4.79 Å². The van der Waals surface area contributed by atoms with Crippen LogP contribution in [0, 0.1) is 23.2 Å². The van der Waals surface area contributed by atoms with E-state index in [1.54, 1.807) is 34.6 Å². The molecule has 12 heteroatoms. The molecule has 0 aromatic heterocycles. The molecule has 0 bridgehead atoms. The van der Waals surface area contributed by atoms with Crippen molar-refractivity contribution in [2.24, 2.45) is 23.2 Å². The second-order valence-corrected chi connectivity index (χ2v) is 14.3. The first-order valence-corrected chi connectivity index (χ1v) is 14.4. The summed E-state index contributed by atoms with van der Waals surface area (Å²) in [7, 11) is 2.68. The fourth-order valence-electron chi connectivity index (χ4n) is 6.60. The van der Waals surface area contributed by atoms with Crippen LogP contribution < -0.4 is 16.0 Å². The van der Waals surface area contributed by atoms with E-state index in [0.717, 1.165) is 12.8 Å². The molecule has 2 saturated carbocycles. The fourth-order valence-corrected chi connectivity index (χ4v) is 6.60. The van der Waals surface area contributed by atoms with Crippen molar-refractivity contribution in [3.63, 3.8) is 0 Å². The Kier molecular flexibility index (Phi) is 7.90. The summed E-state index contributed by atoms with van der Waals surface area (Å²) in [6, 6.07) is -3.06. The van der Waals surface area contributed by atoms with Crippen molar-refractivity contribution in [1.29, 1.82) is 0 Å². The highest BCUT2D eigenvalue weighted by Crippen LogP contribution is 2.65. The molecule has 12 nitrogen and oxygen atoms in total. The number of carbonyl (C=O) groups excluding carboxylic acids is 5. The van der Waals surface area contributed by atoms with Crippen LogP contribution >= 0.6 is 0 Å². The maximum Gasteiger partial charge on any atom is 0.408 e. The Morgan fingerprint density at radius 2 is 1.71 bits per heavy atom. The van der Waals surface area contributed by atoms with Crippen molar-refractivity contribution in [1.82, 2.24) is 20.9 Å². The normalized spacial score (nSPS) is 28.7. The molecule has 0 unspecified atom stereocenters. The van der Waals surface area contributed by atoms with Crippen molar-refractivity contribution in [3.05, 3.63) is 0 Å². The quantitative estimate of drug-likeness (QED) is 0.348. The van der Waals surface area contributed by atoms with Gasteiger partial charge in [0.15, 0.2) is 0 Å². The van der Waals surface area contributed by atoms with Crippen LogP contribution in [0.3, 0.4) is 0 Å². The van der Waals surface area contributed by atoms with E-state index in [2.05, 4.69) is 29.8 Å². The van der Waals surface area contributed by atoms with Crippen LogP contribution in [0.15, 0.2) is 0 Å². The van der Waals surface area contributed by atoms with Gasteiger partial charge in [-0.1, -0.05) is 13.8 Å². The molecule has 2 aliphatic heterocycles. The van der Waals surface area contributed by atoms with Crippen molar-refractivity contribution in [3.8, 4) is 0 Å². The van der Waals surface area contributed by atoms with Gasteiger partial charge in [-0.15, -0.1) is 0 Å². The molecule has 41 heavy (non-hydrogen) atoms. The number of hydrogen-bond acceptors (Lipinski definition) is 8. The van der Waals surface area contributed by atoms with Crippen molar-refractivity contribution in [2.45, 2.75) is 109 Å². The van der Waals surface area contributed by atoms with Gasteiger partial charge in [0, 0.05) is 25.1 Å². The topological polar surface area (TPSA) is 152 Å². The molecule has 4 amide bonds. The summed E-state index contributed by atoms with van der Waals surface area (Å²) in [5.41, 5.74) is -2.26. The number of amides is 4. The van der Waals surface area contributed by atoms with E-state index in [1.807, 2.05) is 0 Å². The monoisotopic (exact) mass is 578 g/mol. The number of fused-ring (bicyclic) bond motifs is 1. The molecular formula is C29H46N4O8. The third-order valence-electron chi connectivity index (χ3n) is 9.46. The van der Waals surface area contributed by atoms with E-state index in [1.165, 1.54) is 19.1 Å². The summed E-state index contributed by atoms with van der Waals surface area (Å²) in [5, 5.41) is 8.50. The maximum absolute atomic E-state index is 14.1. The molecule has 4 rings (SSSR count). The van der Waals surface area contributed by atoms with Crippen LogP contribution in [-0.2, 0) is 33.4 Å². The largest absolute Gasteiger partial charge is 0.467 e. The molecule has 6 atom stereocenters. The summed E-state index contributed by atoms with van der Waals surface area (Å²) >= 11 is 0. The number of alkyl carbamates (subject to hydrolysis) is 1. The third kappa shape index (κ3) is 6.17. The summed E-state index contributed by atoms with van der Waals surface area (Å²) in [5.74, 6) is -2.22. The highest BCUT2D eigenvalue weighted by Gasteiger charge is 2.70. The van der Waals surface area contributed by atoms with Crippen LogP contribution in [0.2, 0.25) is 0 Å². The first-order chi connectivity index (χ1) is 18.9. The number of likely N-dealkylation sites (tertiary alicyclic amines) is 1. The van der Waals surface area contributed by atoms with Gasteiger partial charge in [-0.05, 0) is 77.6 Å². The molecule has 2 saturated heterocycles. The number of piperidine rings is 1. The van der Waals surface area contributed by atoms with Gasteiger partial charge >= 0.3 is 12.1 Å². The molecule has 230 valence electrons. The molecule has 4 fully saturated rings. The van der Waals surface area contributed by atoms with Gasteiger partial charge in [-0.3, -0.25) is 14.4 Å². The Balaban J connectivity index is 1.55. The lowest BCUT2D eigenvalue weighted by atomic mass is 9.93. The van der Waals surface area contributed by atoms with Crippen molar-refractivity contribution < 1.29 is 38.2 Å². The highest BCUT2D eigenvalue weighted by atomic mass is 16.6. The van der Waals surface area contributed by atoms with Crippen molar-refractivity contribution >= 4 is 29.8 Å². The average Bonchev–Trinajstić information content (AvgIpc) is 3.58. The van der Waals surface area contributed by atoms with E-state index in [9.17, 15) is 24.0 Å². The summed E-state index contributed by atoms with van der Waals surface area (Å²) in [6.07, 6.45) is 1.78. The lowest BCUT2D eigenvalue weighted by molar-refractivity contribution is -0.150. The molecule has 4 aliphatic rings. The van der Waals surface area contributed by atoms with E-state index in [-0.39, 0.29) is 35.1 Å². The predicted octanol–water partition coefficient (Wildman–Crippen LogP) is 1.50. The minimum Gasteiger partial charge on any atom is -0.467 e. The van der Waals surface area contributed by atoms with Gasteiger partial charge in [0.05, 0.1) is 12.7 Å². The smallest absolute Gasteiger partial charge is 0.408 e. The van der Waals surface area contributed by atoms with Crippen LogP contribution in [-0.4, -0.2) is 90.3 Å². The zero-order valence-electron chi connectivity index (χ0n) is 25.7. The standard InChI is InChI=1S/C29H46N4O8/c1-26(2,3)41-25(38)31-20(28(6,7)40-9)23(36)33-14-16-18(27(16,4)5)19(33)22(35)30-17(24(37)39-8)12-15-13-29(10-11-29)32-21(15)34/h15-20H,10-14H2,1-9H3,(H,30,35)(H,31,38)(H,32,34)/t15-,16+,17+,18+,19+,20-/m1/s1. The van der Waals surface area contributed by atoms with Gasteiger partial charge in [0.1, 0.15) is 23.7 Å². The zero-order chi connectivity index (χ0) is 30.7. The predicted molar refractivity (Wildman–Crippen MR) is 147 cm³/mol. The Bertz CT molecular complexity index is 1110. The number of nitrogens with zero attached hydrogens (tertiary/aromatic N) is 1. The number of methoxy groups -OCH3 is 2. The second kappa shape index (κ2) is 10.4. The highest BCUT2D eigenvalue weighted by molar-refractivity contribution is 5.95. The Morgan fingerprint density at radius 3 is 2.22 bits per heavy atom. The molecule has 0 aromatic rings. The molecule has 2 heterocycles. The minimum atomic E-state index is -1.15. The van der Waals surface area contributed by atoms with Gasteiger partial charge in [0.25, 0.3) is 0 Å². The van der Waals surface area contributed by atoms with Crippen molar-refractivity contribution in [2.75, 3.05) is 20.8 Å². The van der Waals surface area contributed by atoms with Gasteiger partial charge in [-0.25, -0.2) is 9.59 Å². The number of esters is 1. The first kappa shape index (κ1) is 31.1. The Labute approximate surface area is 241 Å². The van der Waals surface area contributed by atoms with E-state index in [4.69, 9.17) is 14.2 Å². The fraction of sp³-hybridized carbons (Fsp3) is 0.828. The zero-order valence-corrected chi connectivity index (χ0v) is 25.7. The molecule has 0 radical (unpaired) electrons. The van der Waals surface area contributed by atoms with Gasteiger partial charge in [0.2, 0.25) is 17.7 Å². The van der Waals surface area contributed by atoms with Crippen LogP contribution in [0.25, 0.3) is 0 Å². The average molecular weight is 579 g/mol.